The zero-order chi connectivity index (χ0) is 10.4. The molecule has 1 aromatic rings. The molecule has 1 rings (SSSR count). The Labute approximate surface area is 82.9 Å². The highest BCUT2D eigenvalue weighted by molar-refractivity contribution is 5.52. The first-order chi connectivity index (χ1) is 6.74. The van der Waals surface area contributed by atoms with Crippen molar-refractivity contribution in [2.24, 2.45) is 0 Å². The van der Waals surface area contributed by atoms with Gasteiger partial charge in [-0.05, 0) is 19.1 Å². The van der Waals surface area contributed by atoms with Crippen LogP contribution in [-0.4, -0.2) is 6.61 Å². The Morgan fingerprint density at radius 1 is 1.50 bits per heavy atom. The number of rotatable bonds is 3. The molecule has 2 nitrogen and oxygen atoms in total. The van der Waals surface area contributed by atoms with E-state index in [1.165, 1.54) is 18.2 Å². The normalized spacial score (nSPS) is 9.00. The minimum atomic E-state index is -0.358. The summed E-state index contributed by atoms with van der Waals surface area (Å²) in [6.45, 7) is 2.24. The second-order valence-corrected chi connectivity index (χ2v) is 2.71. The second-order valence-electron chi connectivity index (χ2n) is 2.71. The van der Waals surface area contributed by atoms with Crippen LogP contribution in [-0.2, 0) is 0 Å². The van der Waals surface area contributed by atoms with Gasteiger partial charge >= 0.3 is 0 Å². The van der Waals surface area contributed by atoms with Crippen molar-refractivity contribution >= 4 is 5.69 Å². The van der Waals surface area contributed by atoms with Crippen molar-refractivity contribution in [3.05, 3.63) is 24.0 Å². The van der Waals surface area contributed by atoms with Gasteiger partial charge in [0.25, 0.3) is 0 Å². The molecule has 3 heteroatoms. The largest absolute Gasteiger partial charge is 0.490 e. The second kappa shape index (κ2) is 5.13. The average molecular weight is 193 g/mol. The highest BCUT2D eigenvalue weighted by atomic mass is 19.1. The first-order valence-corrected chi connectivity index (χ1v) is 4.31. The predicted octanol–water partition coefficient (Wildman–Crippen LogP) is 2.20. The summed E-state index contributed by atoms with van der Waals surface area (Å²) in [5, 5.41) is 0. The minimum Gasteiger partial charge on any atom is -0.490 e. The van der Waals surface area contributed by atoms with Crippen LogP contribution in [0.3, 0.4) is 0 Å². The molecular formula is C11H12FNO. The summed E-state index contributed by atoms with van der Waals surface area (Å²) in [4.78, 5) is 0. The Bertz CT molecular complexity index is 365. The summed E-state index contributed by atoms with van der Waals surface area (Å²) in [5.74, 6) is 5.76. The number of ether oxygens (including phenoxy) is 1. The lowest BCUT2D eigenvalue weighted by Gasteiger charge is -2.06. The number of benzene rings is 1. The highest BCUT2D eigenvalue weighted by Gasteiger charge is 2.00. The van der Waals surface area contributed by atoms with Gasteiger partial charge in [0.2, 0.25) is 0 Å². The molecule has 0 saturated heterocycles. The Morgan fingerprint density at radius 3 is 2.93 bits per heavy atom. The number of hydrogen-bond donors (Lipinski definition) is 1. The molecule has 0 bridgehead atoms. The SMILES string of the molecule is CC#CCCOc1ccc(F)cc1N. The Morgan fingerprint density at radius 2 is 2.29 bits per heavy atom. The molecule has 0 fully saturated rings. The van der Waals surface area contributed by atoms with E-state index < -0.39 is 0 Å². The monoisotopic (exact) mass is 193 g/mol. The zero-order valence-electron chi connectivity index (χ0n) is 8.01. The molecule has 0 heterocycles. The van der Waals surface area contributed by atoms with E-state index >= 15 is 0 Å². The minimum absolute atomic E-state index is 0.314. The van der Waals surface area contributed by atoms with Crippen LogP contribution in [0.1, 0.15) is 13.3 Å². The Kier molecular flexibility index (Phi) is 3.81. The van der Waals surface area contributed by atoms with Crippen molar-refractivity contribution < 1.29 is 9.13 Å². The fraction of sp³-hybridized carbons (Fsp3) is 0.273. The van der Waals surface area contributed by atoms with E-state index in [1.807, 2.05) is 0 Å². The van der Waals surface area contributed by atoms with Gasteiger partial charge in [-0.1, -0.05) is 0 Å². The van der Waals surface area contributed by atoms with Crippen molar-refractivity contribution in [3.63, 3.8) is 0 Å². The molecule has 0 spiro atoms. The molecule has 0 aliphatic heterocycles. The Balaban J connectivity index is 2.53. The van der Waals surface area contributed by atoms with Gasteiger partial charge in [0.1, 0.15) is 11.6 Å². The van der Waals surface area contributed by atoms with Gasteiger partial charge in [0.05, 0.1) is 12.3 Å². The van der Waals surface area contributed by atoms with Gasteiger partial charge in [0, 0.05) is 12.5 Å². The third kappa shape index (κ3) is 2.98. The van der Waals surface area contributed by atoms with E-state index in [4.69, 9.17) is 10.5 Å². The topological polar surface area (TPSA) is 35.2 Å². The number of anilines is 1. The predicted molar refractivity (Wildman–Crippen MR) is 54.4 cm³/mol. The molecular weight excluding hydrogens is 181 g/mol. The fourth-order valence-corrected chi connectivity index (χ4v) is 0.988. The quantitative estimate of drug-likeness (QED) is 0.453. The third-order valence-corrected chi connectivity index (χ3v) is 1.63. The summed E-state index contributed by atoms with van der Waals surface area (Å²) >= 11 is 0. The molecule has 0 aromatic heterocycles. The van der Waals surface area contributed by atoms with Crippen molar-refractivity contribution in [1.29, 1.82) is 0 Å². The lowest BCUT2D eigenvalue weighted by atomic mass is 10.3. The van der Waals surface area contributed by atoms with Crippen LogP contribution >= 0.6 is 0 Å². The molecule has 0 saturated carbocycles. The van der Waals surface area contributed by atoms with Crippen molar-refractivity contribution in [2.45, 2.75) is 13.3 Å². The van der Waals surface area contributed by atoms with Crippen molar-refractivity contribution in [2.75, 3.05) is 12.3 Å². The van der Waals surface area contributed by atoms with Crippen LogP contribution in [0.5, 0.6) is 5.75 Å². The number of halogens is 1. The molecule has 0 aliphatic rings. The molecule has 0 atom stereocenters. The summed E-state index contributed by atoms with van der Waals surface area (Å²) in [6, 6.07) is 4.07. The van der Waals surface area contributed by atoms with Crippen LogP contribution in [0.4, 0.5) is 10.1 Å². The van der Waals surface area contributed by atoms with Gasteiger partial charge in [-0.15, -0.1) is 11.8 Å². The van der Waals surface area contributed by atoms with Crippen molar-refractivity contribution in [3.8, 4) is 17.6 Å². The van der Waals surface area contributed by atoms with Gasteiger partial charge in [0.15, 0.2) is 0 Å². The molecule has 0 unspecified atom stereocenters. The van der Waals surface area contributed by atoms with Crippen molar-refractivity contribution in [1.82, 2.24) is 0 Å². The van der Waals surface area contributed by atoms with E-state index in [9.17, 15) is 4.39 Å². The maximum Gasteiger partial charge on any atom is 0.142 e. The molecule has 14 heavy (non-hydrogen) atoms. The molecule has 2 N–H and O–H groups in total. The van der Waals surface area contributed by atoms with Crippen LogP contribution in [0.15, 0.2) is 18.2 Å². The van der Waals surface area contributed by atoms with Gasteiger partial charge in [-0.3, -0.25) is 0 Å². The third-order valence-electron chi connectivity index (χ3n) is 1.63. The standard InChI is InChI=1S/C11H12FNO/c1-2-3-4-7-14-11-6-5-9(12)8-10(11)13/h5-6,8H,4,7,13H2,1H3. The van der Waals surface area contributed by atoms with Crippen LogP contribution in [0.2, 0.25) is 0 Å². The fourth-order valence-electron chi connectivity index (χ4n) is 0.988. The molecule has 0 radical (unpaired) electrons. The molecule has 74 valence electrons. The van der Waals surface area contributed by atoms with E-state index in [2.05, 4.69) is 11.8 Å². The molecule has 0 amide bonds. The lowest BCUT2D eigenvalue weighted by molar-refractivity contribution is 0.328. The van der Waals surface area contributed by atoms with Crippen LogP contribution < -0.4 is 10.5 Å². The molecule has 0 aliphatic carbocycles. The van der Waals surface area contributed by atoms with Crippen LogP contribution in [0.25, 0.3) is 0 Å². The maximum atomic E-state index is 12.6. The van der Waals surface area contributed by atoms with E-state index in [0.717, 1.165) is 0 Å². The summed E-state index contributed by atoms with van der Waals surface area (Å²) in [5.41, 5.74) is 5.85. The molecule has 1 aromatic carbocycles. The highest BCUT2D eigenvalue weighted by Crippen LogP contribution is 2.21. The maximum absolute atomic E-state index is 12.6. The van der Waals surface area contributed by atoms with Gasteiger partial charge in [-0.2, -0.15) is 0 Å². The Hall–Kier alpha value is -1.69. The number of nitrogen functional groups attached to an aromatic ring is 1. The van der Waals surface area contributed by atoms with E-state index in [1.54, 1.807) is 6.92 Å². The average Bonchev–Trinajstić information content (AvgIpc) is 2.15. The number of hydrogen-bond acceptors (Lipinski definition) is 2. The smallest absolute Gasteiger partial charge is 0.142 e. The van der Waals surface area contributed by atoms with Crippen LogP contribution in [0, 0.1) is 17.7 Å². The lowest BCUT2D eigenvalue weighted by Crippen LogP contribution is -1.99. The van der Waals surface area contributed by atoms with Gasteiger partial charge in [-0.25, -0.2) is 4.39 Å². The summed E-state index contributed by atoms with van der Waals surface area (Å²) < 4.78 is 17.9. The zero-order valence-corrected chi connectivity index (χ0v) is 8.01. The summed E-state index contributed by atoms with van der Waals surface area (Å²) in [7, 11) is 0. The van der Waals surface area contributed by atoms with Gasteiger partial charge < -0.3 is 10.5 Å². The first kappa shape index (κ1) is 10.4. The number of nitrogens with two attached hydrogens (primary N) is 1. The van der Waals surface area contributed by atoms with E-state index in [0.29, 0.717) is 24.5 Å². The van der Waals surface area contributed by atoms with E-state index in [-0.39, 0.29) is 5.82 Å². The first-order valence-electron chi connectivity index (χ1n) is 4.31. The summed E-state index contributed by atoms with van der Waals surface area (Å²) in [6.07, 6.45) is 0.646.